The highest BCUT2D eigenvalue weighted by Gasteiger charge is 2.41. The lowest BCUT2D eigenvalue weighted by Gasteiger charge is -2.21. The fraction of sp³-hybridized carbons (Fsp3) is 0.364. The zero-order valence-electron chi connectivity index (χ0n) is 8.69. The van der Waals surface area contributed by atoms with Gasteiger partial charge in [-0.2, -0.15) is 0 Å². The van der Waals surface area contributed by atoms with Gasteiger partial charge in [-0.15, -0.1) is 0 Å². The number of carbonyl (C=O) groups excluding carboxylic acids is 1. The SMILES string of the molecule is NC(=O)[C@]1(O)CCN(c2ccc(Cl)cc2)C1. The van der Waals surface area contributed by atoms with Crippen LogP contribution in [0, 0.1) is 0 Å². The minimum atomic E-state index is -1.40. The van der Waals surface area contributed by atoms with Crippen molar-refractivity contribution in [1.82, 2.24) is 0 Å². The second-order valence-electron chi connectivity index (χ2n) is 4.04. The summed E-state index contributed by atoms with van der Waals surface area (Å²) in [6.45, 7) is 0.852. The summed E-state index contributed by atoms with van der Waals surface area (Å²) < 4.78 is 0. The molecule has 1 aromatic rings. The lowest BCUT2D eigenvalue weighted by molar-refractivity contribution is -0.134. The first kappa shape index (κ1) is 11.2. The van der Waals surface area contributed by atoms with Crippen molar-refractivity contribution in [2.24, 2.45) is 5.73 Å². The third-order valence-corrected chi connectivity index (χ3v) is 3.15. The number of halogens is 1. The van der Waals surface area contributed by atoms with Crippen molar-refractivity contribution in [2.45, 2.75) is 12.0 Å². The summed E-state index contributed by atoms with van der Waals surface area (Å²) in [7, 11) is 0. The average Bonchev–Trinajstić information content (AvgIpc) is 2.63. The number of benzene rings is 1. The smallest absolute Gasteiger partial charge is 0.251 e. The number of aliphatic hydroxyl groups is 1. The second-order valence-corrected chi connectivity index (χ2v) is 4.48. The number of hydrogen-bond acceptors (Lipinski definition) is 3. The van der Waals surface area contributed by atoms with Gasteiger partial charge in [0.2, 0.25) is 0 Å². The van der Waals surface area contributed by atoms with Crippen LogP contribution >= 0.6 is 11.6 Å². The second kappa shape index (κ2) is 3.96. The van der Waals surface area contributed by atoms with Crippen molar-refractivity contribution in [1.29, 1.82) is 0 Å². The van der Waals surface area contributed by atoms with Crippen molar-refractivity contribution < 1.29 is 9.90 Å². The van der Waals surface area contributed by atoms with E-state index >= 15 is 0 Å². The Morgan fingerprint density at radius 1 is 1.44 bits per heavy atom. The molecule has 1 atom stereocenters. The monoisotopic (exact) mass is 240 g/mol. The van der Waals surface area contributed by atoms with E-state index in [9.17, 15) is 9.90 Å². The van der Waals surface area contributed by atoms with E-state index in [1.54, 1.807) is 12.1 Å². The molecule has 2 rings (SSSR count). The Kier molecular flexibility index (Phi) is 2.78. The van der Waals surface area contributed by atoms with Gasteiger partial charge in [0.1, 0.15) is 0 Å². The normalized spacial score (nSPS) is 24.8. The first-order valence-corrected chi connectivity index (χ1v) is 5.42. The molecule has 1 aliphatic rings. The van der Waals surface area contributed by atoms with Gasteiger partial charge in [-0.25, -0.2) is 0 Å². The van der Waals surface area contributed by atoms with Crippen molar-refractivity contribution in [3.8, 4) is 0 Å². The summed E-state index contributed by atoms with van der Waals surface area (Å²) in [4.78, 5) is 13.0. The molecule has 1 aromatic carbocycles. The molecule has 1 fully saturated rings. The van der Waals surface area contributed by atoms with E-state index in [-0.39, 0.29) is 6.54 Å². The molecule has 1 amide bonds. The van der Waals surface area contributed by atoms with Crippen molar-refractivity contribution in [2.75, 3.05) is 18.0 Å². The zero-order chi connectivity index (χ0) is 11.8. The zero-order valence-corrected chi connectivity index (χ0v) is 9.44. The molecular weight excluding hydrogens is 228 g/mol. The number of carbonyl (C=O) groups is 1. The summed E-state index contributed by atoms with van der Waals surface area (Å²) in [6, 6.07) is 7.27. The maximum absolute atomic E-state index is 11.1. The fourth-order valence-electron chi connectivity index (χ4n) is 1.87. The molecule has 0 aliphatic carbocycles. The molecule has 0 saturated carbocycles. The van der Waals surface area contributed by atoms with Crippen LogP contribution in [0.5, 0.6) is 0 Å². The maximum Gasteiger partial charge on any atom is 0.251 e. The summed E-state index contributed by atoms with van der Waals surface area (Å²) in [5, 5.41) is 10.6. The standard InChI is InChI=1S/C11H13ClN2O2/c12-8-1-3-9(4-2-8)14-6-5-11(16,7-14)10(13)15/h1-4,16H,5-7H2,(H2,13,15)/t11-/m0/s1. The van der Waals surface area contributed by atoms with Crippen LogP contribution in [0.25, 0.3) is 0 Å². The fourth-order valence-corrected chi connectivity index (χ4v) is 1.99. The Balaban J connectivity index is 2.15. The summed E-state index contributed by atoms with van der Waals surface area (Å²) in [6.07, 6.45) is 0.366. The van der Waals surface area contributed by atoms with Crippen LogP contribution < -0.4 is 10.6 Å². The molecule has 1 saturated heterocycles. The first-order chi connectivity index (χ1) is 7.51. The van der Waals surface area contributed by atoms with Crippen LogP contribution in [-0.4, -0.2) is 29.7 Å². The first-order valence-electron chi connectivity index (χ1n) is 5.04. The molecule has 0 aromatic heterocycles. The van der Waals surface area contributed by atoms with Crippen molar-refractivity contribution >= 4 is 23.2 Å². The van der Waals surface area contributed by atoms with Gasteiger partial charge in [-0.3, -0.25) is 4.79 Å². The summed E-state index contributed by atoms with van der Waals surface area (Å²) >= 11 is 5.78. The lowest BCUT2D eigenvalue weighted by atomic mass is 10.0. The molecule has 86 valence electrons. The van der Waals surface area contributed by atoms with Crippen LogP contribution in [0.15, 0.2) is 24.3 Å². The van der Waals surface area contributed by atoms with Gasteiger partial charge >= 0.3 is 0 Å². The van der Waals surface area contributed by atoms with Gasteiger partial charge in [0.25, 0.3) is 5.91 Å². The number of nitrogens with zero attached hydrogens (tertiary/aromatic N) is 1. The molecule has 4 nitrogen and oxygen atoms in total. The molecule has 0 bridgehead atoms. The highest BCUT2D eigenvalue weighted by atomic mass is 35.5. The number of anilines is 1. The third kappa shape index (κ3) is 1.99. The predicted molar refractivity (Wildman–Crippen MR) is 62.4 cm³/mol. The average molecular weight is 241 g/mol. The van der Waals surface area contributed by atoms with E-state index in [0.29, 0.717) is 18.0 Å². The van der Waals surface area contributed by atoms with E-state index < -0.39 is 11.5 Å². The van der Waals surface area contributed by atoms with E-state index in [1.165, 1.54) is 0 Å². The molecular formula is C11H13ClN2O2. The van der Waals surface area contributed by atoms with Gasteiger partial charge in [0.05, 0.1) is 6.54 Å². The Bertz CT molecular complexity index is 407. The summed E-state index contributed by atoms with van der Waals surface area (Å²) in [5.74, 6) is -0.663. The Morgan fingerprint density at radius 2 is 2.06 bits per heavy atom. The molecule has 0 radical (unpaired) electrons. The van der Waals surface area contributed by atoms with Gasteiger partial charge in [0, 0.05) is 23.7 Å². The molecule has 0 spiro atoms. The molecule has 5 heteroatoms. The lowest BCUT2D eigenvalue weighted by Crippen LogP contribution is -2.46. The number of hydrogen-bond donors (Lipinski definition) is 2. The number of primary amides is 1. The van der Waals surface area contributed by atoms with E-state index in [2.05, 4.69) is 0 Å². The minimum Gasteiger partial charge on any atom is -0.378 e. The Hall–Kier alpha value is -1.26. The molecule has 3 N–H and O–H groups in total. The maximum atomic E-state index is 11.1. The number of amides is 1. The van der Waals surface area contributed by atoms with Crippen LogP contribution in [0.1, 0.15) is 6.42 Å². The number of nitrogens with two attached hydrogens (primary N) is 1. The molecule has 1 aliphatic heterocycles. The quantitative estimate of drug-likeness (QED) is 0.802. The number of β-amino-alcohol motifs (C(OH)–C–C–N with tert-alkyl or cyclic N) is 1. The van der Waals surface area contributed by atoms with Crippen molar-refractivity contribution in [3.05, 3.63) is 29.3 Å². The van der Waals surface area contributed by atoms with Gasteiger partial charge in [-0.1, -0.05) is 11.6 Å². The summed E-state index contributed by atoms with van der Waals surface area (Å²) in [5.41, 5.74) is 4.69. The molecule has 1 heterocycles. The Labute approximate surface area is 98.6 Å². The largest absolute Gasteiger partial charge is 0.378 e. The van der Waals surface area contributed by atoms with Crippen LogP contribution in [-0.2, 0) is 4.79 Å². The van der Waals surface area contributed by atoms with Crippen LogP contribution in [0.3, 0.4) is 0 Å². The highest BCUT2D eigenvalue weighted by Crippen LogP contribution is 2.27. The van der Waals surface area contributed by atoms with Gasteiger partial charge < -0.3 is 15.7 Å². The molecule has 0 unspecified atom stereocenters. The van der Waals surface area contributed by atoms with E-state index in [4.69, 9.17) is 17.3 Å². The van der Waals surface area contributed by atoms with Gasteiger partial charge in [-0.05, 0) is 24.3 Å². The van der Waals surface area contributed by atoms with Crippen LogP contribution in [0.2, 0.25) is 5.02 Å². The minimum absolute atomic E-state index is 0.240. The van der Waals surface area contributed by atoms with Crippen LogP contribution in [0.4, 0.5) is 5.69 Å². The highest BCUT2D eigenvalue weighted by molar-refractivity contribution is 6.30. The van der Waals surface area contributed by atoms with E-state index in [1.807, 2.05) is 17.0 Å². The topological polar surface area (TPSA) is 66.6 Å². The van der Waals surface area contributed by atoms with E-state index in [0.717, 1.165) is 5.69 Å². The Morgan fingerprint density at radius 3 is 2.56 bits per heavy atom. The third-order valence-electron chi connectivity index (χ3n) is 2.90. The number of rotatable bonds is 2. The van der Waals surface area contributed by atoms with Gasteiger partial charge in [0.15, 0.2) is 5.60 Å². The predicted octanol–water partition coefficient (Wildman–Crippen LogP) is 0.766. The molecule has 16 heavy (non-hydrogen) atoms. The van der Waals surface area contributed by atoms with Crippen molar-refractivity contribution in [3.63, 3.8) is 0 Å².